The predicted molar refractivity (Wildman–Crippen MR) is 15.0 cm³/mol. The first-order valence-corrected chi connectivity index (χ1v) is 0.447. The van der Waals surface area contributed by atoms with E-state index in [1.807, 2.05) is 0 Å². The van der Waals surface area contributed by atoms with Gasteiger partial charge in [0, 0.05) is 0 Å². The van der Waals surface area contributed by atoms with Crippen LogP contribution in [0, 0.1) is 23.7 Å². The molecule has 3 nitrogen and oxygen atoms in total. The van der Waals surface area contributed by atoms with E-state index in [9.17, 15) is 0 Å². The Balaban J connectivity index is -0.00000000267. The van der Waals surface area contributed by atoms with Gasteiger partial charge >= 0.3 is 34.1 Å². The molecule has 0 aromatic heterocycles. The molecule has 0 atom stereocenters. The fourth-order valence-corrected chi connectivity index (χ4v) is 0. The minimum Gasteiger partial charge on any atom is -0.512 e. The Morgan fingerprint density at radius 1 is 0.857 bits per heavy atom. The topological polar surface area (TPSA) is 82.6 Å². The van der Waals surface area contributed by atoms with Crippen molar-refractivity contribution < 1.29 is 34.1 Å². The molecule has 3 N–H and O–H groups in total. The van der Waals surface area contributed by atoms with Gasteiger partial charge in [0.15, 0.2) is 0 Å². The second-order valence-corrected chi connectivity index (χ2v) is 0. The Kier molecular flexibility index (Phi) is 3050000. The molecule has 0 saturated carbocycles. The molecule has 0 bridgehead atoms. The molecule has 0 unspecified atom stereocenters. The SMILES string of the molecule is N.[C-]#N.[C-]#N.[Fe+2].[Fe+3]. The minimum absolute atomic E-state index is 0. The van der Waals surface area contributed by atoms with Crippen molar-refractivity contribution in [1.29, 1.82) is 10.5 Å². The van der Waals surface area contributed by atoms with Gasteiger partial charge in [0.1, 0.15) is 0 Å². The van der Waals surface area contributed by atoms with Crippen molar-refractivity contribution >= 4 is 0 Å². The molecule has 0 aromatic carbocycles. The molecule has 0 aliphatic heterocycles. The summed E-state index contributed by atoms with van der Waals surface area (Å²) in [7, 11) is 0. The molecule has 5 heteroatoms. The summed E-state index contributed by atoms with van der Waals surface area (Å²) >= 11 is 0. The molecule has 0 aromatic rings. The van der Waals surface area contributed by atoms with Gasteiger partial charge in [0.25, 0.3) is 0 Å². The summed E-state index contributed by atoms with van der Waals surface area (Å²) in [6, 6.07) is 0. The Bertz CT molecular complexity index is 26.4. The van der Waals surface area contributed by atoms with Crippen LogP contribution in [0.3, 0.4) is 0 Å². The van der Waals surface area contributed by atoms with Gasteiger partial charge in [-0.05, 0) is 0 Å². The second-order valence-electron chi connectivity index (χ2n) is 0. The van der Waals surface area contributed by atoms with E-state index in [4.69, 9.17) is 23.7 Å². The molecule has 1 radical (unpaired) electrons. The van der Waals surface area contributed by atoms with Gasteiger partial charge in [-0.2, -0.15) is 0 Å². The van der Waals surface area contributed by atoms with E-state index >= 15 is 0 Å². The quantitative estimate of drug-likeness (QED) is 0.432. The van der Waals surface area contributed by atoms with E-state index in [1.165, 1.54) is 0 Å². The zero-order chi connectivity index (χ0) is 4.00. The number of nitrogens with zero attached hydrogens (tertiary/aromatic N) is 2. The zero-order valence-corrected chi connectivity index (χ0v) is 5.52. The van der Waals surface area contributed by atoms with Crippen molar-refractivity contribution in [2.75, 3.05) is 0 Å². The summed E-state index contributed by atoms with van der Waals surface area (Å²) in [5.74, 6) is 0. The van der Waals surface area contributed by atoms with Crippen LogP contribution in [0.1, 0.15) is 0 Å². The molecule has 0 fully saturated rings. The summed E-state index contributed by atoms with van der Waals surface area (Å²) < 4.78 is 0. The van der Waals surface area contributed by atoms with Crippen LogP contribution < -0.4 is 6.15 Å². The summed E-state index contributed by atoms with van der Waals surface area (Å²) in [6.45, 7) is 9.50. The van der Waals surface area contributed by atoms with Crippen molar-refractivity contribution in [2.24, 2.45) is 0 Å². The molecule has 0 heterocycles. The predicted octanol–water partition coefficient (Wildman–Crippen LogP) is 0.350. The Hall–Kier alpha value is -0.0210. The fourth-order valence-electron chi connectivity index (χ4n) is 0. The maximum atomic E-state index is 6.25. The van der Waals surface area contributed by atoms with Gasteiger partial charge < -0.3 is 29.8 Å². The van der Waals surface area contributed by atoms with Gasteiger partial charge in [0.2, 0.25) is 0 Å². The molecule has 39 valence electrons. The van der Waals surface area contributed by atoms with Crippen LogP contribution in [-0.4, -0.2) is 0 Å². The van der Waals surface area contributed by atoms with Crippen LogP contribution in [0.2, 0.25) is 0 Å². The maximum Gasteiger partial charge on any atom is 3.00 e. The molecule has 0 aliphatic carbocycles. The average Bonchev–Trinajstić information content (AvgIpc) is 1.50. The number of hydrogen-bond acceptors (Lipinski definition) is 3. The third-order valence-corrected chi connectivity index (χ3v) is 0. The van der Waals surface area contributed by atoms with E-state index < -0.39 is 0 Å². The van der Waals surface area contributed by atoms with E-state index in [-0.39, 0.29) is 40.3 Å². The third-order valence-electron chi connectivity index (χ3n) is 0. The van der Waals surface area contributed by atoms with E-state index in [1.54, 1.807) is 0 Å². The zero-order valence-electron chi connectivity index (χ0n) is 3.31. The fraction of sp³-hybridized carbons (Fsp3) is 0. The molecular weight excluding hydrogens is 178 g/mol. The van der Waals surface area contributed by atoms with Crippen molar-refractivity contribution in [1.82, 2.24) is 6.15 Å². The van der Waals surface area contributed by atoms with Crippen LogP contribution in [0.25, 0.3) is 0 Å². The normalized spacial score (nSPS) is 0.571. The average molecular weight is 181 g/mol. The largest absolute Gasteiger partial charge is 3.00 e. The molecule has 0 saturated heterocycles. The number of rotatable bonds is 0. The van der Waals surface area contributed by atoms with Gasteiger partial charge in [-0.15, -0.1) is 0 Å². The first-order chi connectivity index (χ1) is 2.00. The first kappa shape index (κ1) is 63.7. The standard InChI is InChI=1S/2CN.2Fe.H3N/c2*1-2;;;/h;;;;1H3/q2*-1;+2;+3;. The van der Waals surface area contributed by atoms with Crippen molar-refractivity contribution in [3.05, 3.63) is 13.1 Å². The van der Waals surface area contributed by atoms with Crippen molar-refractivity contribution in [3.8, 4) is 0 Å². The smallest absolute Gasteiger partial charge is 0.512 e. The molecule has 0 rings (SSSR count). The van der Waals surface area contributed by atoms with Crippen LogP contribution in [0.15, 0.2) is 0 Å². The Labute approximate surface area is 64.2 Å². The van der Waals surface area contributed by atoms with E-state index in [0.717, 1.165) is 0 Å². The minimum atomic E-state index is 0. The Morgan fingerprint density at radius 3 is 0.857 bits per heavy atom. The molecular formula is C2H3Fe2N3+3. The van der Waals surface area contributed by atoms with Gasteiger partial charge in [-0.3, -0.25) is 0 Å². The summed E-state index contributed by atoms with van der Waals surface area (Å²) in [6.07, 6.45) is 0. The summed E-state index contributed by atoms with van der Waals surface area (Å²) in [4.78, 5) is 0. The van der Waals surface area contributed by atoms with Gasteiger partial charge in [0.05, 0.1) is 0 Å². The van der Waals surface area contributed by atoms with Gasteiger partial charge in [-0.1, -0.05) is 0 Å². The van der Waals surface area contributed by atoms with Crippen LogP contribution in [0.5, 0.6) is 0 Å². The summed E-state index contributed by atoms with van der Waals surface area (Å²) in [5.41, 5.74) is 0. The second kappa shape index (κ2) is 335000. The van der Waals surface area contributed by atoms with Gasteiger partial charge in [-0.25, -0.2) is 0 Å². The van der Waals surface area contributed by atoms with Crippen LogP contribution >= 0.6 is 0 Å². The summed E-state index contributed by atoms with van der Waals surface area (Å²) in [5, 5.41) is 12.5. The van der Waals surface area contributed by atoms with Crippen LogP contribution in [0.4, 0.5) is 0 Å². The number of hydrogen-bond donors (Lipinski definition) is 1. The first-order valence-electron chi connectivity index (χ1n) is 0.447. The molecule has 7 heavy (non-hydrogen) atoms. The van der Waals surface area contributed by atoms with Crippen molar-refractivity contribution in [2.45, 2.75) is 0 Å². The van der Waals surface area contributed by atoms with Crippen LogP contribution in [-0.2, 0) is 34.1 Å². The third kappa shape index (κ3) is 214000. The van der Waals surface area contributed by atoms with E-state index in [0.29, 0.717) is 0 Å². The maximum absolute atomic E-state index is 6.25. The van der Waals surface area contributed by atoms with E-state index in [2.05, 4.69) is 0 Å². The molecule has 0 aliphatic rings. The molecule has 0 amide bonds. The Morgan fingerprint density at radius 2 is 0.857 bits per heavy atom. The monoisotopic (exact) mass is 181 g/mol. The van der Waals surface area contributed by atoms with Crippen molar-refractivity contribution in [3.63, 3.8) is 0 Å². The molecule has 0 spiro atoms.